The SMILES string of the molecule is Cc1c(-c2cccc(-c3ccc(-c4ccc(N(c5ccc(-c6ccc(-c7ccccc7)cc6)cc5)c5ccc(-c6ccccc6-c6ccccc6-c6ccccc6)cc5)cc4)cc3)c2)oc2ccccc12. The third kappa shape index (κ3) is 8.65. The standard InChI is InChI=1S/C69H49NO/c1-48-63-21-12-13-26-68(63)71-69(48)59-20-14-19-58(47-59)55-33-31-52(32-34-55)54-37-43-61(44-38-54)70(60-41-35-53(36-42-60)51-29-27-50(28-30-51)49-15-4-2-5-16-49)62-45-39-57(40-46-62)65-23-9-11-25-67(65)66-24-10-8-22-64(66)56-17-6-3-7-18-56/h2-47H,1H3. The number of nitrogens with zero attached hydrogens (tertiary/aromatic N) is 1. The zero-order chi connectivity index (χ0) is 47.5. The lowest BCUT2D eigenvalue weighted by Crippen LogP contribution is -2.09. The van der Waals surface area contributed by atoms with Gasteiger partial charge in [-0.05, 0) is 133 Å². The molecule has 336 valence electrons. The Morgan fingerprint density at radius 3 is 1.06 bits per heavy atom. The number of rotatable bonds is 11. The van der Waals surface area contributed by atoms with Crippen molar-refractivity contribution in [3.63, 3.8) is 0 Å². The quantitative estimate of drug-likeness (QED) is 0.129. The number of aryl methyl sites for hydroxylation is 1. The van der Waals surface area contributed by atoms with Gasteiger partial charge in [0.15, 0.2) is 0 Å². The summed E-state index contributed by atoms with van der Waals surface area (Å²) < 4.78 is 6.33. The molecule has 0 aliphatic heterocycles. The van der Waals surface area contributed by atoms with Crippen LogP contribution in [0.15, 0.2) is 283 Å². The molecule has 12 aromatic rings. The molecule has 0 amide bonds. The van der Waals surface area contributed by atoms with E-state index < -0.39 is 0 Å². The first-order valence-electron chi connectivity index (χ1n) is 24.3. The highest BCUT2D eigenvalue weighted by Gasteiger charge is 2.17. The monoisotopic (exact) mass is 907 g/mol. The summed E-state index contributed by atoms with van der Waals surface area (Å²) in [6, 6.07) is 100. The average Bonchev–Trinajstić information content (AvgIpc) is 3.80. The van der Waals surface area contributed by atoms with Crippen molar-refractivity contribution in [3.8, 4) is 89.2 Å². The molecule has 0 unspecified atom stereocenters. The molecule has 0 radical (unpaired) electrons. The smallest absolute Gasteiger partial charge is 0.138 e. The van der Waals surface area contributed by atoms with E-state index in [1.54, 1.807) is 0 Å². The molecule has 0 spiro atoms. The number of fused-ring (bicyclic) bond motifs is 1. The Kier molecular flexibility index (Phi) is 11.5. The van der Waals surface area contributed by atoms with Crippen molar-refractivity contribution >= 4 is 28.0 Å². The molecule has 0 saturated carbocycles. The second kappa shape index (κ2) is 19.0. The predicted molar refractivity (Wildman–Crippen MR) is 299 cm³/mol. The first-order chi connectivity index (χ1) is 35.1. The van der Waals surface area contributed by atoms with Crippen LogP contribution in [0.4, 0.5) is 17.1 Å². The topological polar surface area (TPSA) is 16.4 Å². The fourth-order valence-electron chi connectivity index (χ4n) is 10.0. The minimum atomic E-state index is 0.916. The van der Waals surface area contributed by atoms with E-state index in [1.807, 2.05) is 12.1 Å². The second-order valence-corrected chi connectivity index (χ2v) is 18.1. The molecule has 0 saturated heterocycles. The minimum Gasteiger partial charge on any atom is -0.456 e. The molecule has 0 aliphatic rings. The van der Waals surface area contributed by atoms with Gasteiger partial charge in [0, 0.05) is 33.6 Å². The highest BCUT2D eigenvalue weighted by Crippen LogP contribution is 2.42. The number of benzene rings is 11. The molecule has 2 nitrogen and oxygen atoms in total. The number of hydrogen-bond acceptors (Lipinski definition) is 2. The van der Waals surface area contributed by atoms with Gasteiger partial charge in [0.1, 0.15) is 11.3 Å². The van der Waals surface area contributed by atoms with E-state index in [0.717, 1.165) is 72.7 Å². The molecular weight excluding hydrogens is 859 g/mol. The fraction of sp³-hybridized carbons (Fsp3) is 0.0145. The summed E-state index contributed by atoms with van der Waals surface area (Å²) in [6.07, 6.45) is 0. The molecule has 0 aliphatic carbocycles. The van der Waals surface area contributed by atoms with Crippen LogP contribution < -0.4 is 4.90 Å². The summed E-state index contributed by atoms with van der Waals surface area (Å²) in [5.41, 5.74) is 23.0. The van der Waals surface area contributed by atoms with Gasteiger partial charge < -0.3 is 9.32 Å². The molecule has 0 atom stereocenters. The molecule has 1 heterocycles. The summed E-state index contributed by atoms with van der Waals surface area (Å²) >= 11 is 0. The van der Waals surface area contributed by atoms with E-state index >= 15 is 0 Å². The maximum absolute atomic E-state index is 6.33. The van der Waals surface area contributed by atoms with Gasteiger partial charge in [-0.25, -0.2) is 0 Å². The largest absolute Gasteiger partial charge is 0.456 e. The van der Waals surface area contributed by atoms with E-state index in [0.29, 0.717) is 0 Å². The number of anilines is 3. The number of furan rings is 1. The van der Waals surface area contributed by atoms with Crippen LogP contribution in [0.1, 0.15) is 5.56 Å². The van der Waals surface area contributed by atoms with Crippen molar-refractivity contribution < 1.29 is 4.42 Å². The van der Waals surface area contributed by atoms with Gasteiger partial charge in [-0.3, -0.25) is 0 Å². The van der Waals surface area contributed by atoms with Crippen molar-refractivity contribution in [1.29, 1.82) is 0 Å². The van der Waals surface area contributed by atoms with E-state index in [1.165, 1.54) is 50.1 Å². The lowest BCUT2D eigenvalue weighted by atomic mass is 9.89. The molecule has 11 aromatic carbocycles. The van der Waals surface area contributed by atoms with Crippen LogP contribution in [0.2, 0.25) is 0 Å². The predicted octanol–water partition coefficient (Wildman–Crippen LogP) is 19.5. The van der Waals surface area contributed by atoms with Crippen LogP contribution in [0.25, 0.3) is 100 Å². The maximum Gasteiger partial charge on any atom is 0.138 e. The van der Waals surface area contributed by atoms with Gasteiger partial charge in [0.05, 0.1) is 0 Å². The second-order valence-electron chi connectivity index (χ2n) is 18.1. The minimum absolute atomic E-state index is 0.916. The molecule has 1 aromatic heterocycles. The van der Waals surface area contributed by atoms with Gasteiger partial charge in [-0.15, -0.1) is 0 Å². The Labute approximate surface area is 416 Å². The molecule has 2 heteroatoms. The van der Waals surface area contributed by atoms with Crippen molar-refractivity contribution in [2.24, 2.45) is 0 Å². The van der Waals surface area contributed by atoms with Crippen LogP contribution in [-0.2, 0) is 0 Å². The van der Waals surface area contributed by atoms with Gasteiger partial charge in [0.25, 0.3) is 0 Å². The van der Waals surface area contributed by atoms with Gasteiger partial charge in [0.2, 0.25) is 0 Å². The summed E-state index contributed by atoms with van der Waals surface area (Å²) in [5.74, 6) is 0.922. The van der Waals surface area contributed by atoms with Gasteiger partial charge in [-0.2, -0.15) is 0 Å². The first kappa shape index (κ1) is 43.1. The van der Waals surface area contributed by atoms with Gasteiger partial charge >= 0.3 is 0 Å². The average molecular weight is 908 g/mol. The van der Waals surface area contributed by atoms with E-state index in [-0.39, 0.29) is 0 Å². The number of hydrogen-bond donors (Lipinski definition) is 0. The van der Waals surface area contributed by atoms with Crippen LogP contribution in [-0.4, -0.2) is 0 Å². The van der Waals surface area contributed by atoms with Crippen molar-refractivity contribution in [2.75, 3.05) is 4.90 Å². The molecule has 0 N–H and O–H groups in total. The first-order valence-corrected chi connectivity index (χ1v) is 24.3. The molecular formula is C69H49NO. The zero-order valence-corrected chi connectivity index (χ0v) is 39.4. The third-order valence-corrected chi connectivity index (χ3v) is 13.8. The Hall–Kier alpha value is -9.24. The Morgan fingerprint density at radius 2 is 0.577 bits per heavy atom. The maximum atomic E-state index is 6.33. The normalized spacial score (nSPS) is 11.2. The molecule has 12 rings (SSSR count). The van der Waals surface area contributed by atoms with Crippen LogP contribution in [0, 0.1) is 6.92 Å². The van der Waals surface area contributed by atoms with E-state index in [2.05, 4.69) is 279 Å². The Bertz CT molecular complexity index is 3760. The Morgan fingerprint density at radius 1 is 0.254 bits per heavy atom. The summed E-state index contributed by atoms with van der Waals surface area (Å²) in [7, 11) is 0. The zero-order valence-electron chi connectivity index (χ0n) is 39.4. The lowest BCUT2D eigenvalue weighted by molar-refractivity contribution is 0.629. The van der Waals surface area contributed by atoms with Crippen molar-refractivity contribution in [3.05, 3.63) is 285 Å². The lowest BCUT2D eigenvalue weighted by Gasteiger charge is -2.26. The Balaban J connectivity index is 0.858. The third-order valence-electron chi connectivity index (χ3n) is 13.8. The van der Waals surface area contributed by atoms with Crippen LogP contribution in [0.5, 0.6) is 0 Å². The molecule has 0 fully saturated rings. The fourth-order valence-corrected chi connectivity index (χ4v) is 10.0. The summed E-state index contributed by atoms with van der Waals surface area (Å²) in [5, 5.41) is 1.15. The van der Waals surface area contributed by atoms with Crippen LogP contribution in [0.3, 0.4) is 0 Å². The number of para-hydroxylation sites is 1. The van der Waals surface area contributed by atoms with Crippen molar-refractivity contribution in [2.45, 2.75) is 6.92 Å². The molecule has 71 heavy (non-hydrogen) atoms. The van der Waals surface area contributed by atoms with Crippen LogP contribution >= 0.6 is 0 Å². The highest BCUT2D eigenvalue weighted by molar-refractivity contribution is 5.93. The summed E-state index contributed by atoms with van der Waals surface area (Å²) in [6.45, 7) is 2.14. The van der Waals surface area contributed by atoms with Gasteiger partial charge in [-0.1, -0.05) is 231 Å². The summed E-state index contributed by atoms with van der Waals surface area (Å²) in [4.78, 5) is 2.35. The van der Waals surface area contributed by atoms with E-state index in [9.17, 15) is 0 Å². The van der Waals surface area contributed by atoms with E-state index in [4.69, 9.17) is 4.42 Å². The molecule has 0 bridgehead atoms. The highest BCUT2D eigenvalue weighted by atomic mass is 16.3. The van der Waals surface area contributed by atoms with Crippen molar-refractivity contribution in [1.82, 2.24) is 0 Å².